The molecule has 3 heteroatoms. The van der Waals surface area contributed by atoms with E-state index in [9.17, 15) is 4.21 Å². The Balaban J connectivity index is 2.48. The zero-order valence-corrected chi connectivity index (χ0v) is 8.29. The molecule has 1 heterocycles. The minimum Gasteiger partial charge on any atom is -0.257 e. The molecule has 0 spiro atoms. The van der Waals surface area contributed by atoms with Gasteiger partial charge in [-0.1, -0.05) is 35.1 Å². The Bertz CT molecular complexity index is 393. The van der Waals surface area contributed by atoms with Gasteiger partial charge in [0, 0.05) is 14.3 Å². The number of hydrogen-bond acceptors (Lipinski definition) is 2. The van der Waals surface area contributed by atoms with E-state index in [0.717, 1.165) is 5.75 Å². The molecule has 1 aromatic carbocycles. The van der Waals surface area contributed by atoms with Gasteiger partial charge in [-0.05, 0) is 17.0 Å². The van der Waals surface area contributed by atoms with E-state index in [4.69, 9.17) is 0 Å². The van der Waals surface area contributed by atoms with E-state index in [-0.39, 0.29) is 0 Å². The third-order valence-corrected chi connectivity index (χ3v) is 5.53. The summed E-state index contributed by atoms with van der Waals surface area (Å²) in [7, 11) is -0.400. The Morgan fingerprint density at radius 3 is 2.75 bits per heavy atom. The zero-order valence-electron chi connectivity index (χ0n) is 6.66. The van der Waals surface area contributed by atoms with E-state index in [2.05, 4.69) is 11.9 Å². The Hall–Kier alpha value is -0.410. The molecule has 0 saturated carbocycles. The number of benzene rings is 1. The van der Waals surface area contributed by atoms with Gasteiger partial charge in [0.2, 0.25) is 0 Å². The van der Waals surface area contributed by atoms with Gasteiger partial charge in [0.15, 0.2) is 0 Å². The molecule has 1 aliphatic heterocycles. The molecule has 2 rings (SSSR count). The maximum atomic E-state index is 11.6. The average Bonchev–Trinajstić information content (AvgIpc) is 2.02. The van der Waals surface area contributed by atoms with Gasteiger partial charge in [-0.2, -0.15) is 0 Å². The second kappa shape index (κ2) is 2.82. The van der Waals surface area contributed by atoms with Crippen LogP contribution in [0.4, 0.5) is 0 Å². The van der Waals surface area contributed by atoms with E-state index < -0.39 is 8.55 Å². The molecule has 1 unspecified atom stereocenters. The maximum absolute atomic E-state index is 11.6. The third-order valence-electron chi connectivity index (χ3n) is 1.92. The molecule has 0 aliphatic carbocycles. The first-order chi connectivity index (χ1) is 5.67. The van der Waals surface area contributed by atoms with Crippen LogP contribution in [0.1, 0.15) is 11.1 Å². The lowest BCUT2D eigenvalue weighted by Crippen LogP contribution is -2.07. The van der Waals surface area contributed by atoms with Crippen LogP contribution in [-0.2, 0) is 20.1 Å². The topological polar surface area (TPSA) is 17.1 Å². The monoisotopic (exact) mass is 198 g/mol. The first-order valence-corrected chi connectivity index (χ1v) is 7.13. The molecule has 12 heavy (non-hydrogen) atoms. The lowest BCUT2D eigenvalue weighted by molar-refractivity contribution is 0.689. The molecular formula is C9H10OS2. The third kappa shape index (κ3) is 1.52. The second-order valence-electron chi connectivity index (χ2n) is 2.92. The molecule has 0 saturated heterocycles. The van der Waals surface area contributed by atoms with Crippen LogP contribution in [0, 0.1) is 0 Å². The summed E-state index contributed by atoms with van der Waals surface area (Å²) in [6, 6.07) is 8.15. The molecule has 64 valence electrons. The van der Waals surface area contributed by atoms with Gasteiger partial charge < -0.3 is 0 Å². The van der Waals surface area contributed by atoms with Crippen molar-refractivity contribution in [2.24, 2.45) is 0 Å². The smallest absolute Gasteiger partial charge is 0.0506 e. The fraction of sp³-hybridized carbons (Fsp3) is 0.222. The van der Waals surface area contributed by atoms with Gasteiger partial charge >= 0.3 is 0 Å². The first-order valence-electron chi connectivity index (χ1n) is 3.73. The number of fused-ring (bicyclic) bond motifs is 1. The van der Waals surface area contributed by atoms with Crippen molar-refractivity contribution in [3.8, 4) is 0 Å². The Labute approximate surface area is 76.6 Å². The largest absolute Gasteiger partial charge is 0.257 e. The lowest BCUT2D eigenvalue weighted by Gasteiger charge is -2.18. The number of hydrogen-bond donors (Lipinski definition) is 0. The fourth-order valence-corrected chi connectivity index (χ4v) is 4.41. The van der Waals surface area contributed by atoms with Gasteiger partial charge in [-0.3, -0.25) is 4.21 Å². The van der Waals surface area contributed by atoms with Crippen molar-refractivity contribution in [2.45, 2.75) is 11.5 Å². The minimum atomic E-state index is -1.88. The second-order valence-corrected chi connectivity index (χ2v) is 7.75. The molecular weight excluding hydrogens is 188 g/mol. The molecule has 1 atom stereocenters. The van der Waals surface area contributed by atoms with Crippen molar-refractivity contribution in [1.29, 1.82) is 0 Å². The van der Waals surface area contributed by atoms with Crippen LogP contribution in [0.15, 0.2) is 24.3 Å². The van der Waals surface area contributed by atoms with Crippen molar-refractivity contribution < 1.29 is 4.21 Å². The van der Waals surface area contributed by atoms with E-state index in [0.29, 0.717) is 5.75 Å². The molecule has 0 radical (unpaired) electrons. The summed E-state index contributed by atoms with van der Waals surface area (Å²) in [5, 5.41) is 0. The molecule has 1 aliphatic rings. The van der Waals surface area contributed by atoms with Crippen LogP contribution in [0.25, 0.3) is 0 Å². The van der Waals surface area contributed by atoms with E-state index >= 15 is 0 Å². The van der Waals surface area contributed by atoms with Crippen LogP contribution in [0.2, 0.25) is 0 Å². The highest BCUT2D eigenvalue weighted by atomic mass is 33.1. The van der Waals surface area contributed by atoms with Crippen molar-refractivity contribution in [3.63, 3.8) is 0 Å². The van der Waals surface area contributed by atoms with Gasteiger partial charge in [-0.25, -0.2) is 0 Å². The normalized spacial score (nSPS) is 28.0. The van der Waals surface area contributed by atoms with Gasteiger partial charge in [0.05, 0.1) is 5.75 Å². The van der Waals surface area contributed by atoms with E-state index in [1.54, 1.807) is 0 Å². The molecule has 0 aromatic heterocycles. The predicted molar refractivity (Wildman–Crippen MR) is 56.7 cm³/mol. The van der Waals surface area contributed by atoms with Crippen molar-refractivity contribution in [3.05, 3.63) is 35.4 Å². The van der Waals surface area contributed by atoms with Gasteiger partial charge in [-0.15, -0.1) is 0 Å². The lowest BCUT2D eigenvalue weighted by atomic mass is 10.1. The van der Waals surface area contributed by atoms with Crippen LogP contribution in [0.5, 0.6) is 0 Å². The van der Waals surface area contributed by atoms with Crippen LogP contribution in [0.3, 0.4) is 0 Å². The summed E-state index contributed by atoms with van der Waals surface area (Å²) in [6.07, 6.45) is 0. The predicted octanol–water partition coefficient (Wildman–Crippen LogP) is 2.06. The van der Waals surface area contributed by atoms with Crippen molar-refractivity contribution in [1.82, 2.24) is 0 Å². The maximum Gasteiger partial charge on any atom is 0.0506 e. The molecule has 0 amide bonds. The summed E-state index contributed by atoms with van der Waals surface area (Å²) < 4.78 is 11.6. The number of rotatable bonds is 0. The highest BCUT2D eigenvalue weighted by molar-refractivity contribution is 8.74. The fourth-order valence-electron chi connectivity index (χ4n) is 1.29. The van der Waals surface area contributed by atoms with Gasteiger partial charge in [0.1, 0.15) is 0 Å². The van der Waals surface area contributed by atoms with E-state index in [1.807, 2.05) is 18.2 Å². The highest BCUT2D eigenvalue weighted by Gasteiger charge is 2.15. The standard InChI is InChI=1S/C9H10OS2/c1-12(10)7-9-5-3-2-4-8(9)6-11-12/h2-5H,1,6-7H2. The van der Waals surface area contributed by atoms with E-state index in [1.165, 1.54) is 21.9 Å². The Morgan fingerprint density at radius 2 is 2.00 bits per heavy atom. The average molecular weight is 198 g/mol. The summed E-state index contributed by atoms with van der Waals surface area (Å²) in [6.45, 7) is 0. The summed E-state index contributed by atoms with van der Waals surface area (Å²) in [4.78, 5) is 0. The SMILES string of the molecule is C=S1(=O)Cc2ccccc2CS1. The zero-order chi connectivity index (χ0) is 8.60. The molecule has 0 bridgehead atoms. The quantitative estimate of drug-likeness (QED) is 0.469. The summed E-state index contributed by atoms with van der Waals surface area (Å²) in [5.41, 5.74) is 2.52. The summed E-state index contributed by atoms with van der Waals surface area (Å²) in [5.74, 6) is 5.20. The van der Waals surface area contributed by atoms with Crippen LogP contribution >= 0.6 is 10.8 Å². The Kier molecular flexibility index (Phi) is 1.93. The summed E-state index contributed by atoms with van der Waals surface area (Å²) >= 11 is 0. The van der Waals surface area contributed by atoms with Crippen molar-refractivity contribution >= 4 is 25.2 Å². The molecule has 1 aromatic rings. The van der Waals surface area contributed by atoms with Crippen molar-refractivity contribution in [2.75, 3.05) is 0 Å². The van der Waals surface area contributed by atoms with Crippen LogP contribution < -0.4 is 0 Å². The highest BCUT2D eigenvalue weighted by Crippen LogP contribution is 2.31. The Morgan fingerprint density at radius 1 is 1.33 bits per heavy atom. The van der Waals surface area contributed by atoms with Crippen LogP contribution in [-0.4, -0.2) is 10.1 Å². The molecule has 0 fully saturated rings. The first kappa shape index (κ1) is 8.20. The molecule has 1 nitrogen and oxygen atoms in total. The molecule has 0 N–H and O–H groups in total. The van der Waals surface area contributed by atoms with Gasteiger partial charge in [0.25, 0.3) is 0 Å². The minimum absolute atomic E-state index is 0.633.